The Balaban J connectivity index is 1.31. The number of esters is 1. The lowest BCUT2D eigenvalue weighted by Crippen LogP contribution is -2.69. The SMILES string of the molecule is CCn1c(-c2cccnc2[C@H](C)OC)c2c3cc(ccc31)-c1csc(n1)C[C@H](NC(=O)[C@H](C(C)C)N(C)C(=O)N1CC[C@H]1C(=O)NC)C(=O)N1CC(C)C[C@@](O)(N1)C(=O)OCC(C)(C)C2. The highest BCUT2D eigenvalue weighted by atomic mass is 32.1. The molecule has 65 heavy (non-hydrogen) atoms. The number of carbonyl (C=O) groups is 5. The molecular formula is C47H63N9O8S. The van der Waals surface area contributed by atoms with Crippen molar-refractivity contribution in [3.05, 3.63) is 58.2 Å². The number of urea groups is 1. The Bertz CT molecular complexity index is 2470. The number of fused-ring (bicyclic) bond motifs is 6. The second kappa shape index (κ2) is 18.8. The number of benzene rings is 1. The lowest BCUT2D eigenvalue weighted by atomic mass is 9.84. The minimum atomic E-state index is -2.26. The molecule has 17 nitrogen and oxygen atoms in total. The number of thiazole rings is 1. The molecule has 0 spiro atoms. The highest BCUT2D eigenvalue weighted by Gasteiger charge is 2.48. The van der Waals surface area contributed by atoms with E-state index in [1.54, 1.807) is 27.2 Å². The van der Waals surface area contributed by atoms with Crippen LogP contribution in [0.1, 0.15) is 83.7 Å². The minimum absolute atomic E-state index is 0.0302. The number of hydrogen-bond donors (Lipinski definition) is 4. The maximum absolute atomic E-state index is 14.7. The number of amides is 5. The van der Waals surface area contributed by atoms with Crippen molar-refractivity contribution in [1.29, 1.82) is 0 Å². The van der Waals surface area contributed by atoms with Gasteiger partial charge in [-0.15, -0.1) is 11.3 Å². The fourth-order valence-electron chi connectivity index (χ4n) is 9.49. The fraction of sp³-hybridized carbons (Fsp3) is 0.553. The van der Waals surface area contributed by atoms with Gasteiger partial charge >= 0.3 is 12.0 Å². The normalized spacial score (nSPS) is 23.3. The van der Waals surface area contributed by atoms with Crippen LogP contribution in [0.25, 0.3) is 33.4 Å². The first kappa shape index (κ1) is 47.5. The Kier molecular flexibility index (Phi) is 13.8. The molecule has 6 heterocycles. The van der Waals surface area contributed by atoms with Gasteiger partial charge in [0.15, 0.2) is 0 Å². The molecule has 350 valence electrons. The van der Waals surface area contributed by atoms with Crippen molar-refractivity contribution in [2.45, 2.75) is 111 Å². The number of hydrazine groups is 1. The average molecular weight is 914 g/mol. The van der Waals surface area contributed by atoms with Crippen LogP contribution in [-0.2, 0) is 48.0 Å². The standard InChI is InChI=1S/C47H63N9O8S/c1-11-54-35-15-14-29-19-31(35)32(40(54)30-13-12-17-49-38(30)28(5)63-10)22-46(6,7)25-64-44(60)47(62)21-27(4)23-56(52-47)43(59)33(20-37-50-34(29)24-65-37)51-42(58)39(26(2)3)53(9)45(61)55-18-16-36(55)41(57)48-8/h12-15,17,19,24,26-28,33,36,39,52,62H,11,16,18,20-23,25H2,1-10H3,(H,48,57)(H,51,58)/t27?,28-,33-,36-,39-,47-/m0/s1. The molecule has 4 aromatic rings. The third-order valence-corrected chi connectivity index (χ3v) is 13.8. The first-order valence-electron chi connectivity index (χ1n) is 22.4. The molecule has 3 aliphatic rings. The van der Waals surface area contributed by atoms with E-state index in [0.29, 0.717) is 36.6 Å². The molecule has 5 amide bonds. The zero-order valence-corrected chi connectivity index (χ0v) is 39.9. The van der Waals surface area contributed by atoms with Crippen molar-refractivity contribution >= 4 is 52.0 Å². The predicted octanol–water partition coefficient (Wildman–Crippen LogP) is 4.67. The van der Waals surface area contributed by atoms with E-state index in [1.165, 1.54) is 40.2 Å². The molecule has 1 aromatic carbocycles. The van der Waals surface area contributed by atoms with E-state index in [9.17, 15) is 29.1 Å². The van der Waals surface area contributed by atoms with Crippen molar-refractivity contribution in [3.63, 3.8) is 0 Å². The number of pyridine rings is 1. The molecule has 6 atom stereocenters. The number of nitrogens with one attached hydrogen (secondary N) is 3. The Labute approximate surface area is 384 Å². The molecule has 3 aromatic heterocycles. The van der Waals surface area contributed by atoms with Crippen molar-refractivity contribution < 1.29 is 38.6 Å². The summed E-state index contributed by atoms with van der Waals surface area (Å²) in [6.45, 7) is 14.6. The molecule has 3 aliphatic heterocycles. The third kappa shape index (κ3) is 9.35. The molecule has 2 fully saturated rings. The highest BCUT2D eigenvalue weighted by Crippen LogP contribution is 2.42. The summed E-state index contributed by atoms with van der Waals surface area (Å²) in [5.41, 5.74) is 6.16. The number of aromatic nitrogens is 3. The van der Waals surface area contributed by atoms with E-state index in [1.807, 2.05) is 45.2 Å². The number of carbonyl (C=O) groups excluding carboxylic acids is 5. The number of aryl methyl sites for hydroxylation is 1. The monoisotopic (exact) mass is 913 g/mol. The molecule has 18 heteroatoms. The van der Waals surface area contributed by atoms with Crippen molar-refractivity contribution in [1.82, 2.24) is 45.4 Å². The Morgan fingerprint density at radius 1 is 1.17 bits per heavy atom. The number of likely N-dealkylation sites (N-methyl/N-ethyl adjacent to an activating group) is 2. The molecule has 0 saturated carbocycles. The van der Waals surface area contributed by atoms with Crippen LogP contribution in [-0.4, -0.2) is 129 Å². The van der Waals surface area contributed by atoms with E-state index >= 15 is 0 Å². The molecule has 4 N–H and O–H groups in total. The number of likely N-dealkylation sites (tertiary alicyclic amines) is 1. The van der Waals surface area contributed by atoms with Gasteiger partial charge in [0, 0.05) is 92.7 Å². The van der Waals surface area contributed by atoms with Crippen LogP contribution in [0.4, 0.5) is 4.79 Å². The van der Waals surface area contributed by atoms with Crippen LogP contribution in [0.2, 0.25) is 0 Å². The molecule has 2 saturated heterocycles. The molecule has 7 rings (SSSR count). The van der Waals surface area contributed by atoms with Gasteiger partial charge in [-0.1, -0.05) is 40.7 Å². The second-order valence-corrected chi connectivity index (χ2v) is 19.8. The van der Waals surface area contributed by atoms with Crippen molar-refractivity contribution in [3.8, 4) is 22.5 Å². The van der Waals surface area contributed by atoms with Gasteiger partial charge in [-0.25, -0.2) is 14.6 Å². The van der Waals surface area contributed by atoms with Crippen LogP contribution >= 0.6 is 11.3 Å². The van der Waals surface area contributed by atoms with Gasteiger partial charge in [-0.3, -0.25) is 24.4 Å². The molecule has 0 aliphatic carbocycles. The van der Waals surface area contributed by atoms with E-state index in [-0.39, 0.29) is 43.9 Å². The van der Waals surface area contributed by atoms with E-state index in [2.05, 4.69) is 45.7 Å². The lowest BCUT2D eigenvalue weighted by Gasteiger charge is -2.44. The van der Waals surface area contributed by atoms with Gasteiger partial charge in [0.05, 0.1) is 34.8 Å². The summed E-state index contributed by atoms with van der Waals surface area (Å²) in [6.07, 6.45) is 2.40. The van der Waals surface area contributed by atoms with Crippen molar-refractivity contribution in [2.75, 3.05) is 40.9 Å². The number of nitrogens with zero attached hydrogens (tertiary/aromatic N) is 6. The number of aliphatic hydroxyl groups is 1. The molecule has 0 radical (unpaired) electrons. The van der Waals surface area contributed by atoms with Gasteiger partial charge in [-0.2, -0.15) is 5.43 Å². The number of cyclic esters (lactones) is 1. The van der Waals surface area contributed by atoms with Crippen LogP contribution in [0.3, 0.4) is 0 Å². The van der Waals surface area contributed by atoms with Gasteiger partial charge in [0.2, 0.25) is 17.5 Å². The van der Waals surface area contributed by atoms with Crippen LogP contribution in [0.15, 0.2) is 41.9 Å². The van der Waals surface area contributed by atoms with Gasteiger partial charge in [0.25, 0.3) is 5.91 Å². The van der Waals surface area contributed by atoms with Crippen molar-refractivity contribution in [2.24, 2.45) is 17.3 Å². The predicted molar refractivity (Wildman–Crippen MR) is 246 cm³/mol. The first-order valence-corrected chi connectivity index (χ1v) is 23.3. The van der Waals surface area contributed by atoms with Crippen LogP contribution in [0, 0.1) is 17.3 Å². The lowest BCUT2D eigenvalue weighted by molar-refractivity contribution is -0.193. The number of ether oxygens (including phenoxy) is 2. The number of rotatable bonds is 9. The molecule has 6 bridgehead atoms. The second-order valence-electron chi connectivity index (χ2n) is 18.9. The summed E-state index contributed by atoms with van der Waals surface area (Å²) in [6, 6.07) is 6.85. The summed E-state index contributed by atoms with van der Waals surface area (Å²) < 4.78 is 14.1. The van der Waals surface area contributed by atoms with Gasteiger partial charge in [0.1, 0.15) is 18.1 Å². The zero-order chi connectivity index (χ0) is 47.1. The maximum atomic E-state index is 14.7. The summed E-state index contributed by atoms with van der Waals surface area (Å²) in [4.78, 5) is 82.0. The summed E-state index contributed by atoms with van der Waals surface area (Å²) in [5.74, 6) is -3.15. The summed E-state index contributed by atoms with van der Waals surface area (Å²) in [7, 11) is 4.69. The topological polar surface area (TPSA) is 201 Å². The van der Waals surface area contributed by atoms with Gasteiger partial charge in [-0.05, 0) is 68.4 Å². The highest BCUT2D eigenvalue weighted by molar-refractivity contribution is 7.10. The van der Waals surface area contributed by atoms with E-state index in [0.717, 1.165) is 39.0 Å². The number of hydrogen-bond acceptors (Lipinski definition) is 12. The Hall–Kier alpha value is -5.43. The minimum Gasteiger partial charge on any atom is -0.462 e. The molecular weight excluding hydrogens is 851 g/mol. The first-order chi connectivity index (χ1) is 30.8. The van der Waals surface area contributed by atoms with Crippen LogP contribution < -0.4 is 16.1 Å². The Morgan fingerprint density at radius 3 is 2.58 bits per heavy atom. The van der Waals surface area contributed by atoms with E-state index in [4.69, 9.17) is 19.4 Å². The number of methoxy groups -OCH3 is 1. The summed E-state index contributed by atoms with van der Waals surface area (Å²) in [5, 5.41) is 22.2. The quantitative estimate of drug-likeness (QED) is 0.170. The van der Waals surface area contributed by atoms with Crippen LogP contribution in [0.5, 0.6) is 0 Å². The zero-order valence-electron chi connectivity index (χ0n) is 39.1. The van der Waals surface area contributed by atoms with E-state index < -0.39 is 59.0 Å². The maximum Gasteiger partial charge on any atom is 0.355 e. The summed E-state index contributed by atoms with van der Waals surface area (Å²) >= 11 is 1.35. The smallest absolute Gasteiger partial charge is 0.355 e. The average Bonchev–Trinajstić information content (AvgIpc) is 3.85. The fourth-order valence-corrected chi connectivity index (χ4v) is 10.3. The third-order valence-electron chi connectivity index (χ3n) is 12.9. The largest absolute Gasteiger partial charge is 0.462 e. The Morgan fingerprint density at radius 2 is 1.92 bits per heavy atom. The molecule has 1 unspecified atom stereocenters. The van der Waals surface area contributed by atoms with Gasteiger partial charge < -0.3 is 39.6 Å².